The molecule has 2 rings (SSSR count). The number of methoxy groups -OCH3 is 1. The fourth-order valence-corrected chi connectivity index (χ4v) is 4.81. The molecule has 0 aliphatic heterocycles. The van der Waals surface area contributed by atoms with Crippen LogP contribution in [-0.4, -0.2) is 71.2 Å². The van der Waals surface area contributed by atoms with Crippen molar-refractivity contribution in [3.05, 3.63) is 73.4 Å². The smallest absolute Gasteiger partial charge is 0.459 e. The number of aromatic nitrogens is 2. The molecular formula is C24H33N6O11P. The number of H-pyrrole nitrogens is 1. The highest BCUT2D eigenvalue weighted by Gasteiger charge is 2.36. The number of azide groups is 1. The Morgan fingerprint density at radius 3 is 2.48 bits per heavy atom. The van der Waals surface area contributed by atoms with E-state index in [9.17, 15) is 28.8 Å². The zero-order valence-electron chi connectivity index (χ0n) is 23.5. The number of nitrogens with one attached hydrogen (secondary N) is 2. The van der Waals surface area contributed by atoms with E-state index in [2.05, 4.69) is 15.1 Å². The van der Waals surface area contributed by atoms with Gasteiger partial charge in [0.05, 0.1) is 32.5 Å². The molecule has 2 aromatic rings. The van der Waals surface area contributed by atoms with E-state index in [0.29, 0.717) is 0 Å². The molecule has 1 aromatic heterocycles. The molecule has 42 heavy (non-hydrogen) atoms. The number of para-hydroxylation sites is 1. The quantitative estimate of drug-likeness (QED) is 0.0812. The standard InChI is InChI=1S/C24H33N6O11P/c1-14(2)39-22(33)15(3)28-42(36,41-18-9-7-6-8-17(18)23(34)37-5)38-13-19(16(4)31)40-21(12-26-29-25)30-11-10-20(32)27-24(30)35/h6-11,14-16,19,21,31H,12-13H2,1-5H3,(H,28,36)(H,27,32,35)/t15-,16?,19+,21-,42?/m0/s1. The molecular weight excluding hydrogens is 579 g/mol. The third-order valence-corrected chi connectivity index (χ3v) is 6.94. The number of aliphatic hydroxyl groups excluding tert-OH is 1. The average molecular weight is 613 g/mol. The number of carbonyl (C=O) groups excluding carboxylic acids is 2. The van der Waals surface area contributed by atoms with Crippen LogP contribution in [-0.2, 0) is 28.1 Å². The Morgan fingerprint density at radius 1 is 1.19 bits per heavy atom. The zero-order chi connectivity index (χ0) is 31.4. The number of ether oxygens (including phenoxy) is 3. The zero-order valence-corrected chi connectivity index (χ0v) is 24.4. The minimum Gasteiger partial charge on any atom is -0.465 e. The van der Waals surface area contributed by atoms with Crippen LogP contribution < -0.4 is 20.9 Å². The molecule has 0 fully saturated rings. The van der Waals surface area contributed by atoms with Crippen LogP contribution >= 0.6 is 7.75 Å². The van der Waals surface area contributed by atoms with Crippen LogP contribution in [0.3, 0.4) is 0 Å². The van der Waals surface area contributed by atoms with Crippen molar-refractivity contribution in [3.63, 3.8) is 0 Å². The van der Waals surface area contributed by atoms with Gasteiger partial charge in [0, 0.05) is 17.2 Å². The summed E-state index contributed by atoms with van der Waals surface area (Å²) in [4.78, 5) is 53.2. The molecule has 0 bridgehead atoms. The Balaban J connectivity index is 2.41. The fourth-order valence-electron chi connectivity index (χ4n) is 3.29. The van der Waals surface area contributed by atoms with Gasteiger partial charge < -0.3 is 23.8 Å². The predicted octanol–water partition coefficient (Wildman–Crippen LogP) is 2.03. The van der Waals surface area contributed by atoms with E-state index in [1.807, 2.05) is 4.98 Å². The summed E-state index contributed by atoms with van der Waals surface area (Å²) in [6, 6.07) is 5.48. The minimum absolute atomic E-state index is 0.0989. The van der Waals surface area contributed by atoms with E-state index < -0.39 is 74.7 Å². The number of hydrogen-bond donors (Lipinski definition) is 3. The van der Waals surface area contributed by atoms with Gasteiger partial charge in [0.25, 0.3) is 5.56 Å². The maximum Gasteiger partial charge on any atom is 0.459 e. The molecule has 0 saturated heterocycles. The second-order valence-corrected chi connectivity index (χ2v) is 10.7. The molecule has 5 atom stereocenters. The van der Waals surface area contributed by atoms with Crippen molar-refractivity contribution in [2.75, 3.05) is 20.3 Å². The highest BCUT2D eigenvalue weighted by molar-refractivity contribution is 7.52. The first-order valence-electron chi connectivity index (χ1n) is 12.6. The van der Waals surface area contributed by atoms with Gasteiger partial charge in [-0.25, -0.2) is 14.2 Å². The second kappa shape index (κ2) is 15.9. The Hall–Kier alpha value is -3.98. The maximum absolute atomic E-state index is 14.0. The van der Waals surface area contributed by atoms with Crippen molar-refractivity contribution in [1.29, 1.82) is 0 Å². The van der Waals surface area contributed by atoms with Crippen LogP contribution in [0.4, 0.5) is 0 Å². The number of nitrogens with zero attached hydrogens (tertiary/aromatic N) is 4. The first-order chi connectivity index (χ1) is 19.8. The van der Waals surface area contributed by atoms with Crippen LogP contribution in [0.25, 0.3) is 10.4 Å². The lowest BCUT2D eigenvalue weighted by Gasteiger charge is -2.29. The number of hydrogen-bond acceptors (Lipinski definition) is 12. The van der Waals surface area contributed by atoms with Gasteiger partial charge in [-0.2, -0.15) is 5.09 Å². The van der Waals surface area contributed by atoms with Crippen LogP contribution in [0.15, 0.2) is 51.2 Å². The minimum atomic E-state index is -4.57. The van der Waals surface area contributed by atoms with E-state index in [0.717, 1.165) is 23.9 Å². The molecule has 2 unspecified atom stereocenters. The maximum atomic E-state index is 14.0. The molecule has 18 heteroatoms. The molecule has 1 aromatic carbocycles. The Morgan fingerprint density at radius 2 is 1.88 bits per heavy atom. The average Bonchev–Trinajstić information content (AvgIpc) is 2.92. The van der Waals surface area contributed by atoms with Gasteiger partial charge in [0.1, 0.15) is 29.7 Å². The second-order valence-electron chi connectivity index (χ2n) is 9.01. The van der Waals surface area contributed by atoms with E-state index in [1.54, 1.807) is 13.8 Å². The van der Waals surface area contributed by atoms with E-state index in [1.165, 1.54) is 38.1 Å². The summed E-state index contributed by atoms with van der Waals surface area (Å²) in [7, 11) is -3.42. The monoisotopic (exact) mass is 612 g/mol. The summed E-state index contributed by atoms with van der Waals surface area (Å²) in [5, 5.41) is 16.3. The number of rotatable bonds is 16. The number of esters is 2. The molecule has 0 spiro atoms. The van der Waals surface area contributed by atoms with Gasteiger partial charge in [0.2, 0.25) is 0 Å². The molecule has 17 nitrogen and oxygen atoms in total. The van der Waals surface area contributed by atoms with E-state index >= 15 is 0 Å². The summed E-state index contributed by atoms with van der Waals surface area (Å²) in [5.41, 5.74) is 7.11. The van der Waals surface area contributed by atoms with Crippen molar-refractivity contribution >= 4 is 19.7 Å². The van der Waals surface area contributed by atoms with Crippen molar-refractivity contribution in [1.82, 2.24) is 14.6 Å². The van der Waals surface area contributed by atoms with Crippen molar-refractivity contribution < 1.29 is 42.5 Å². The SMILES string of the molecule is COC(=O)c1ccccc1OP(=O)(N[C@@H](C)C(=O)OC(C)C)OC[C@@H](O[C@@H](CN=[N+]=[N-])n1ccc(=O)[nH]c1=O)C(C)O. The van der Waals surface area contributed by atoms with Gasteiger partial charge in [-0.15, -0.1) is 0 Å². The van der Waals surface area contributed by atoms with Gasteiger partial charge in [0.15, 0.2) is 0 Å². The van der Waals surface area contributed by atoms with Crippen LogP contribution in [0.2, 0.25) is 0 Å². The first kappa shape index (κ1) is 34.2. The van der Waals surface area contributed by atoms with Gasteiger partial charge in [-0.1, -0.05) is 17.2 Å². The predicted molar refractivity (Wildman–Crippen MR) is 147 cm³/mol. The lowest BCUT2D eigenvalue weighted by Crippen LogP contribution is -2.40. The molecule has 0 aliphatic carbocycles. The third-order valence-electron chi connectivity index (χ3n) is 5.31. The van der Waals surface area contributed by atoms with Crippen LogP contribution in [0.1, 0.15) is 44.3 Å². The number of aliphatic hydroxyl groups is 1. The van der Waals surface area contributed by atoms with Gasteiger partial charge >= 0.3 is 25.4 Å². The molecule has 3 N–H and O–H groups in total. The largest absolute Gasteiger partial charge is 0.465 e. The van der Waals surface area contributed by atoms with Crippen LogP contribution in [0, 0.1) is 0 Å². The van der Waals surface area contributed by atoms with Crippen molar-refractivity contribution in [2.24, 2.45) is 5.11 Å². The molecule has 0 amide bonds. The molecule has 0 radical (unpaired) electrons. The highest BCUT2D eigenvalue weighted by atomic mass is 31.2. The lowest BCUT2D eigenvalue weighted by molar-refractivity contribution is -0.149. The molecule has 0 saturated carbocycles. The Bertz CT molecular complexity index is 1440. The highest BCUT2D eigenvalue weighted by Crippen LogP contribution is 2.46. The van der Waals surface area contributed by atoms with Crippen molar-refractivity contribution in [2.45, 2.75) is 58.3 Å². The third kappa shape index (κ3) is 10.1. The summed E-state index contributed by atoms with van der Waals surface area (Å²) >= 11 is 0. The number of aromatic amines is 1. The summed E-state index contributed by atoms with van der Waals surface area (Å²) in [5.74, 6) is -1.80. The Kier molecular flexibility index (Phi) is 12.9. The Labute approximate surface area is 239 Å². The molecule has 0 aliphatic rings. The van der Waals surface area contributed by atoms with Crippen LogP contribution in [0.5, 0.6) is 5.75 Å². The normalized spacial score (nSPS) is 15.4. The summed E-state index contributed by atoms with van der Waals surface area (Å²) in [6.45, 7) is 4.78. The topological polar surface area (TPSA) is 233 Å². The first-order valence-corrected chi connectivity index (χ1v) is 14.1. The summed E-state index contributed by atoms with van der Waals surface area (Å²) in [6.07, 6.45) is -3.38. The molecule has 230 valence electrons. The fraction of sp³-hybridized carbons (Fsp3) is 0.500. The molecule has 1 heterocycles. The van der Waals surface area contributed by atoms with Gasteiger partial charge in [-0.3, -0.25) is 23.7 Å². The van der Waals surface area contributed by atoms with E-state index in [4.69, 9.17) is 28.8 Å². The lowest BCUT2D eigenvalue weighted by atomic mass is 10.2. The van der Waals surface area contributed by atoms with E-state index in [-0.39, 0.29) is 11.3 Å². The number of benzene rings is 1. The van der Waals surface area contributed by atoms with Gasteiger partial charge in [-0.05, 0) is 45.4 Å². The number of carbonyl (C=O) groups is 2. The van der Waals surface area contributed by atoms with Crippen molar-refractivity contribution in [3.8, 4) is 5.75 Å². The summed E-state index contributed by atoms with van der Waals surface area (Å²) < 4.78 is 41.7.